The molecular formula is C24H26FN3O5S2. The maximum Gasteiger partial charge on any atom is 0.325 e. The average molecular weight is 520 g/mol. The van der Waals surface area contributed by atoms with Gasteiger partial charge in [-0.3, -0.25) is 9.59 Å². The minimum atomic E-state index is -3.68. The van der Waals surface area contributed by atoms with Crippen molar-refractivity contribution >= 4 is 43.5 Å². The molecule has 2 atom stereocenters. The summed E-state index contributed by atoms with van der Waals surface area (Å²) < 4.78 is 48.7. The average Bonchev–Trinajstić information content (AvgIpc) is 3.16. The lowest BCUT2D eigenvalue weighted by molar-refractivity contribution is -0.141. The van der Waals surface area contributed by atoms with Crippen molar-refractivity contribution in [3.8, 4) is 0 Å². The zero-order valence-corrected chi connectivity index (χ0v) is 21.2. The van der Waals surface area contributed by atoms with Gasteiger partial charge in [-0.1, -0.05) is 31.3 Å². The molecule has 0 radical (unpaired) electrons. The van der Waals surface area contributed by atoms with Crippen LogP contribution in [0.3, 0.4) is 0 Å². The number of aromatic nitrogens is 1. The van der Waals surface area contributed by atoms with Gasteiger partial charge < -0.3 is 9.30 Å². The number of esters is 1. The Labute approximate surface area is 206 Å². The van der Waals surface area contributed by atoms with E-state index in [1.807, 2.05) is 13.8 Å². The third-order valence-corrected chi connectivity index (χ3v) is 8.83. The molecule has 11 heteroatoms. The Morgan fingerprint density at radius 2 is 1.77 bits per heavy atom. The Balaban J connectivity index is 1.66. The van der Waals surface area contributed by atoms with Gasteiger partial charge in [0, 0.05) is 18.7 Å². The number of rotatable bonds is 5. The Morgan fingerprint density at radius 3 is 2.40 bits per heavy atom. The van der Waals surface area contributed by atoms with E-state index < -0.39 is 27.7 Å². The summed E-state index contributed by atoms with van der Waals surface area (Å²) in [6.07, 6.45) is 0.985. The van der Waals surface area contributed by atoms with Gasteiger partial charge >= 0.3 is 5.97 Å². The fourth-order valence-corrected chi connectivity index (χ4v) is 7.11. The first-order valence-electron chi connectivity index (χ1n) is 11.1. The number of thiazole rings is 1. The third kappa shape index (κ3) is 5.21. The van der Waals surface area contributed by atoms with Crippen LogP contribution in [0.2, 0.25) is 0 Å². The van der Waals surface area contributed by atoms with Gasteiger partial charge in [0.1, 0.15) is 12.4 Å². The van der Waals surface area contributed by atoms with Crippen LogP contribution in [0.25, 0.3) is 10.2 Å². The molecule has 0 bridgehead atoms. The molecular weight excluding hydrogens is 493 g/mol. The molecule has 0 saturated carbocycles. The SMILES string of the molecule is COC(=O)Cn1c(=NC(=O)c2ccc(S(=O)(=O)N3CC(C)CC(C)C3)cc2)sc2cccc(F)c21. The lowest BCUT2D eigenvalue weighted by atomic mass is 9.94. The first kappa shape index (κ1) is 25.2. The zero-order chi connectivity index (χ0) is 25.3. The van der Waals surface area contributed by atoms with E-state index in [0.717, 1.165) is 17.8 Å². The van der Waals surface area contributed by atoms with Gasteiger partial charge in [0.2, 0.25) is 10.0 Å². The molecule has 0 N–H and O–H groups in total. The molecule has 1 aliphatic heterocycles. The van der Waals surface area contributed by atoms with Crippen LogP contribution in [0, 0.1) is 17.7 Å². The van der Waals surface area contributed by atoms with E-state index in [2.05, 4.69) is 4.99 Å². The molecule has 1 amide bonds. The highest BCUT2D eigenvalue weighted by Crippen LogP contribution is 2.27. The molecule has 8 nitrogen and oxygen atoms in total. The number of hydrogen-bond acceptors (Lipinski definition) is 6. The van der Waals surface area contributed by atoms with Gasteiger partial charge in [-0.2, -0.15) is 9.30 Å². The largest absolute Gasteiger partial charge is 0.468 e. The molecule has 186 valence electrons. The monoisotopic (exact) mass is 519 g/mol. The van der Waals surface area contributed by atoms with Crippen LogP contribution < -0.4 is 4.80 Å². The van der Waals surface area contributed by atoms with Crippen LogP contribution in [0.15, 0.2) is 52.4 Å². The molecule has 0 spiro atoms. The van der Waals surface area contributed by atoms with E-state index in [1.165, 1.54) is 52.4 Å². The van der Waals surface area contributed by atoms with Gasteiger partial charge in [0.25, 0.3) is 5.91 Å². The molecule has 0 aliphatic carbocycles. The number of halogens is 1. The highest BCUT2D eigenvalue weighted by atomic mass is 32.2. The maximum atomic E-state index is 14.5. The van der Waals surface area contributed by atoms with Crippen molar-refractivity contribution in [1.29, 1.82) is 0 Å². The number of hydrogen-bond donors (Lipinski definition) is 0. The summed E-state index contributed by atoms with van der Waals surface area (Å²) in [4.78, 5) is 29.1. The van der Waals surface area contributed by atoms with Gasteiger partial charge in [-0.05, 0) is 54.7 Å². The number of carbonyl (C=O) groups is 2. The highest BCUT2D eigenvalue weighted by molar-refractivity contribution is 7.89. The lowest BCUT2D eigenvalue weighted by Gasteiger charge is -2.34. The van der Waals surface area contributed by atoms with E-state index in [-0.39, 0.29) is 39.2 Å². The molecule has 1 aromatic heterocycles. The number of sulfonamides is 1. The predicted octanol–water partition coefficient (Wildman–Crippen LogP) is 3.42. The maximum absolute atomic E-state index is 14.5. The minimum Gasteiger partial charge on any atom is -0.468 e. The fourth-order valence-electron chi connectivity index (χ4n) is 4.38. The van der Waals surface area contributed by atoms with Crippen LogP contribution in [-0.4, -0.2) is 49.4 Å². The highest BCUT2D eigenvalue weighted by Gasteiger charge is 2.31. The summed E-state index contributed by atoms with van der Waals surface area (Å²) in [5.41, 5.74) is 0.327. The lowest BCUT2D eigenvalue weighted by Crippen LogP contribution is -2.42. The van der Waals surface area contributed by atoms with Gasteiger partial charge in [0.15, 0.2) is 4.80 Å². The molecule has 35 heavy (non-hydrogen) atoms. The van der Waals surface area contributed by atoms with Crippen molar-refractivity contribution in [2.75, 3.05) is 20.2 Å². The second kappa shape index (κ2) is 10.00. The summed E-state index contributed by atoms with van der Waals surface area (Å²) in [6.45, 7) is 4.69. The molecule has 1 aliphatic rings. The number of carbonyl (C=O) groups excluding carboxylic acids is 2. The third-order valence-electron chi connectivity index (χ3n) is 5.94. The Bertz CT molecular complexity index is 1430. The van der Waals surface area contributed by atoms with E-state index >= 15 is 0 Å². The molecule has 1 saturated heterocycles. The van der Waals surface area contributed by atoms with E-state index in [0.29, 0.717) is 17.8 Å². The number of para-hydroxylation sites is 1. The van der Waals surface area contributed by atoms with Crippen molar-refractivity contribution in [3.05, 3.63) is 58.6 Å². The Hall–Kier alpha value is -2.89. The standard InChI is InChI=1S/C24H26FN3O5S2/c1-15-11-16(2)13-27(12-15)35(31,32)18-9-7-17(8-10-18)23(30)26-24-28(14-21(29)33-3)22-19(25)5-4-6-20(22)34-24/h4-10,15-16H,11-14H2,1-3H3. The van der Waals surface area contributed by atoms with Crippen molar-refractivity contribution in [3.63, 3.8) is 0 Å². The topological polar surface area (TPSA) is 98.0 Å². The normalized spacial score (nSPS) is 19.7. The van der Waals surface area contributed by atoms with Crippen molar-refractivity contribution in [2.24, 2.45) is 16.8 Å². The predicted molar refractivity (Wildman–Crippen MR) is 130 cm³/mol. The van der Waals surface area contributed by atoms with Crippen LogP contribution in [0.1, 0.15) is 30.6 Å². The number of benzene rings is 2. The Morgan fingerprint density at radius 1 is 1.11 bits per heavy atom. The van der Waals surface area contributed by atoms with Crippen LogP contribution >= 0.6 is 11.3 Å². The van der Waals surface area contributed by atoms with Crippen LogP contribution in [-0.2, 0) is 26.1 Å². The van der Waals surface area contributed by atoms with Crippen LogP contribution in [0.4, 0.5) is 4.39 Å². The molecule has 2 heterocycles. The second-order valence-electron chi connectivity index (χ2n) is 8.84. The van der Waals surface area contributed by atoms with E-state index in [9.17, 15) is 22.4 Å². The summed E-state index contributed by atoms with van der Waals surface area (Å²) in [6, 6.07) is 10.1. The molecule has 1 fully saturated rings. The first-order chi connectivity index (χ1) is 16.6. The Kier molecular flexibility index (Phi) is 7.20. The number of ether oxygens (including phenoxy) is 1. The van der Waals surface area contributed by atoms with Crippen molar-refractivity contribution in [1.82, 2.24) is 8.87 Å². The summed E-state index contributed by atoms with van der Waals surface area (Å²) >= 11 is 1.07. The number of amides is 1. The fraction of sp³-hybridized carbons (Fsp3) is 0.375. The van der Waals surface area contributed by atoms with Gasteiger partial charge in [0.05, 0.1) is 22.2 Å². The van der Waals surface area contributed by atoms with Crippen molar-refractivity contribution in [2.45, 2.75) is 31.7 Å². The summed E-state index contributed by atoms with van der Waals surface area (Å²) in [7, 11) is -2.46. The number of fused-ring (bicyclic) bond motifs is 1. The number of methoxy groups -OCH3 is 1. The molecule has 4 rings (SSSR count). The summed E-state index contributed by atoms with van der Waals surface area (Å²) in [5.74, 6) is -1.25. The molecule has 3 aromatic rings. The quantitative estimate of drug-likeness (QED) is 0.481. The van der Waals surface area contributed by atoms with E-state index in [4.69, 9.17) is 4.74 Å². The minimum absolute atomic E-state index is 0.111. The molecule has 2 aromatic carbocycles. The van der Waals surface area contributed by atoms with Gasteiger partial charge in [-0.15, -0.1) is 0 Å². The smallest absolute Gasteiger partial charge is 0.325 e. The van der Waals surface area contributed by atoms with Crippen molar-refractivity contribution < 1.29 is 27.1 Å². The zero-order valence-electron chi connectivity index (χ0n) is 19.6. The molecule has 2 unspecified atom stereocenters. The first-order valence-corrected chi connectivity index (χ1v) is 13.4. The summed E-state index contributed by atoms with van der Waals surface area (Å²) in [5, 5.41) is 0. The van der Waals surface area contributed by atoms with Crippen LogP contribution in [0.5, 0.6) is 0 Å². The van der Waals surface area contributed by atoms with E-state index in [1.54, 1.807) is 6.07 Å². The number of nitrogens with zero attached hydrogens (tertiary/aromatic N) is 3. The second-order valence-corrected chi connectivity index (χ2v) is 11.8. The number of piperidine rings is 1. The van der Waals surface area contributed by atoms with Gasteiger partial charge in [-0.25, -0.2) is 12.8 Å².